The van der Waals surface area contributed by atoms with Crippen LogP contribution in [0.4, 0.5) is 0 Å². The lowest BCUT2D eigenvalue weighted by atomic mass is 9.77. The van der Waals surface area contributed by atoms with E-state index in [0.29, 0.717) is 0 Å². The van der Waals surface area contributed by atoms with E-state index in [1.54, 1.807) is 11.3 Å². The summed E-state index contributed by atoms with van der Waals surface area (Å²) in [7, 11) is 0. The van der Waals surface area contributed by atoms with Gasteiger partial charge in [-0.15, -0.1) is 22.9 Å². The van der Waals surface area contributed by atoms with Crippen molar-refractivity contribution in [2.24, 2.45) is 5.41 Å². The Morgan fingerprint density at radius 1 is 1.47 bits per heavy atom. The molecular formula is C12H14Cl2S. The maximum absolute atomic E-state index is 6.25. The van der Waals surface area contributed by atoms with Gasteiger partial charge in [0, 0.05) is 4.88 Å². The van der Waals surface area contributed by atoms with E-state index < -0.39 is 0 Å². The fraction of sp³-hybridized carbons (Fsp3) is 0.500. The Bertz CT molecular complexity index is 390. The van der Waals surface area contributed by atoms with Crippen LogP contribution < -0.4 is 0 Å². The number of allylic oxidation sites excluding steroid dienone is 2. The SMILES string of the molecule is CC1(C)CC(c2sccc2Cl)=CC(Cl)C1. The number of hydrogen-bond acceptors (Lipinski definition) is 1. The van der Waals surface area contributed by atoms with Gasteiger partial charge in [-0.25, -0.2) is 0 Å². The van der Waals surface area contributed by atoms with Crippen molar-refractivity contribution >= 4 is 40.1 Å². The predicted molar refractivity (Wildman–Crippen MR) is 70.0 cm³/mol. The second-order valence-electron chi connectivity index (χ2n) is 4.85. The van der Waals surface area contributed by atoms with Crippen LogP contribution in [0, 0.1) is 5.41 Å². The standard InChI is InChI=1S/C12H14Cl2S/c1-12(2)6-8(5-9(13)7-12)11-10(14)3-4-15-11/h3-5,9H,6-7H2,1-2H3. The molecule has 0 nitrogen and oxygen atoms in total. The van der Waals surface area contributed by atoms with Gasteiger partial charge in [0.15, 0.2) is 0 Å². The Balaban J connectivity index is 2.34. The average molecular weight is 261 g/mol. The summed E-state index contributed by atoms with van der Waals surface area (Å²) in [6, 6.07) is 1.95. The van der Waals surface area contributed by atoms with Crippen LogP contribution in [0.1, 0.15) is 31.6 Å². The van der Waals surface area contributed by atoms with Crippen molar-refractivity contribution in [3.63, 3.8) is 0 Å². The highest BCUT2D eigenvalue weighted by Gasteiger charge is 2.29. The molecule has 0 amide bonds. The van der Waals surface area contributed by atoms with E-state index in [4.69, 9.17) is 23.2 Å². The largest absolute Gasteiger partial charge is 0.143 e. The third-order valence-corrected chi connectivity index (χ3v) is 4.40. The number of thiophene rings is 1. The van der Waals surface area contributed by atoms with E-state index in [0.717, 1.165) is 17.9 Å². The zero-order valence-corrected chi connectivity index (χ0v) is 11.2. The van der Waals surface area contributed by atoms with Crippen LogP contribution in [0.3, 0.4) is 0 Å². The summed E-state index contributed by atoms with van der Waals surface area (Å²) in [5, 5.41) is 3.03. The monoisotopic (exact) mass is 260 g/mol. The molecule has 0 aliphatic heterocycles. The maximum Gasteiger partial charge on any atom is 0.0588 e. The smallest absolute Gasteiger partial charge is 0.0588 e. The summed E-state index contributed by atoms with van der Waals surface area (Å²) in [6.07, 6.45) is 4.27. The number of rotatable bonds is 1. The quantitative estimate of drug-likeness (QED) is 0.608. The predicted octanol–water partition coefficient (Wildman–Crippen LogP) is 5.21. The zero-order valence-electron chi connectivity index (χ0n) is 8.89. The molecule has 1 aliphatic carbocycles. The van der Waals surface area contributed by atoms with Gasteiger partial charge in [0.25, 0.3) is 0 Å². The van der Waals surface area contributed by atoms with Crippen LogP contribution in [0.5, 0.6) is 0 Å². The van der Waals surface area contributed by atoms with Gasteiger partial charge in [-0.3, -0.25) is 0 Å². The zero-order chi connectivity index (χ0) is 11.1. The molecule has 0 spiro atoms. The molecule has 0 N–H and O–H groups in total. The van der Waals surface area contributed by atoms with Gasteiger partial charge >= 0.3 is 0 Å². The van der Waals surface area contributed by atoms with E-state index in [9.17, 15) is 0 Å². The minimum absolute atomic E-state index is 0.141. The Labute approximate surface area is 105 Å². The molecule has 0 fully saturated rings. The van der Waals surface area contributed by atoms with Crippen molar-refractivity contribution in [2.45, 2.75) is 32.1 Å². The first-order chi connectivity index (χ1) is 6.98. The van der Waals surface area contributed by atoms with Crippen LogP contribution in [0.15, 0.2) is 17.5 Å². The van der Waals surface area contributed by atoms with Crippen molar-refractivity contribution in [1.29, 1.82) is 0 Å². The van der Waals surface area contributed by atoms with E-state index in [1.165, 1.54) is 10.5 Å². The number of halogens is 2. The molecule has 82 valence electrons. The Morgan fingerprint density at radius 2 is 2.20 bits per heavy atom. The highest BCUT2D eigenvalue weighted by Crippen LogP contribution is 2.44. The fourth-order valence-electron chi connectivity index (χ4n) is 2.13. The molecule has 0 aromatic carbocycles. The minimum atomic E-state index is 0.141. The van der Waals surface area contributed by atoms with Crippen LogP contribution in [-0.2, 0) is 0 Å². The van der Waals surface area contributed by atoms with Crippen molar-refractivity contribution in [2.75, 3.05) is 0 Å². The molecule has 15 heavy (non-hydrogen) atoms. The molecule has 1 atom stereocenters. The molecular weight excluding hydrogens is 247 g/mol. The topological polar surface area (TPSA) is 0 Å². The highest BCUT2D eigenvalue weighted by molar-refractivity contribution is 7.11. The summed E-state index contributed by atoms with van der Waals surface area (Å²) in [6.45, 7) is 4.52. The Hall–Kier alpha value is 0.0200. The van der Waals surface area contributed by atoms with Gasteiger partial charge < -0.3 is 0 Å². The normalized spacial score (nSPS) is 25.1. The lowest BCUT2D eigenvalue weighted by Crippen LogP contribution is -2.21. The molecule has 0 bridgehead atoms. The van der Waals surface area contributed by atoms with E-state index in [2.05, 4.69) is 19.9 Å². The summed E-state index contributed by atoms with van der Waals surface area (Å²) in [5.74, 6) is 0. The second-order valence-corrected chi connectivity index (χ2v) is 6.73. The third kappa shape index (κ3) is 2.58. The third-order valence-electron chi connectivity index (χ3n) is 2.71. The van der Waals surface area contributed by atoms with E-state index in [1.807, 2.05) is 11.4 Å². The van der Waals surface area contributed by atoms with Gasteiger partial charge in [-0.2, -0.15) is 0 Å². The van der Waals surface area contributed by atoms with Crippen molar-refractivity contribution in [1.82, 2.24) is 0 Å². The molecule has 1 aromatic rings. The number of hydrogen-bond donors (Lipinski definition) is 0. The molecule has 0 saturated carbocycles. The van der Waals surface area contributed by atoms with E-state index in [-0.39, 0.29) is 10.8 Å². The van der Waals surface area contributed by atoms with Gasteiger partial charge in [-0.1, -0.05) is 31.5 Å². The van der Waals surface area contributed by atoms with Crippen LogP contribution in [0.25, 0.3) is 5.57 Å². The summed E-state index contributed by atoms with van der Waals surface area (Å²) < 4.78 is 0. The Morgan fingerprint density at radius 3 is 2.73 bits per heavy atom. The van der Waals surface area contributed by atoms with Crippen molar-refractivity contribution in [3.05, 3.63) is 27.4 Å². The molecule has 1 unspecified atom stereocenters. The lowest BCUT2D eigenvalue weighted by molar-refractivity contribution is 0.341. The molecule has 3 heteroatoms. The molecule has 1 aliphatic rings. The van der Waals surface area contributed by atoms with Crippen molar-refractivity contribution in [3.8, 4) is 0 Å². The van der Waals surface area contributed by atoms with Crippen LogP contribution >= 0.6 is 34.5 Å². The van der Waals surface area contributed by atoms with Crippen LogP contribution in [0.2, 0.25) is 5.02 Å². The first-order valence-corrected chi connectivity index (χ1v) is 6.75. The molecule has 1 heterocycles. The fourth-order valence-corrected chi connectivity index (χ4v) is 3.91. The van der Waals surface area contributed by atoms with Gasteiger partial charge in [0.05, 0.1) is 10.4 Å². The highest BCUT2D eigenvalue weighted by atomic mass is 35.5. The second kappa shape index (κ2) is 4.12. The first kappa shape index (κ1) is 11.5. The number of alkyl halides is 1. The summed E-state index contributed by atoms with van der Waals surface area (Å²) in [4.78, 5) is 1.19. The van der Waals surface area contributed by atoms with Crippen LogP contribution in [-0.4, -0.2) is 5.38 Å². The van der Waals surface area contributed by atoms with Gasteiger partial charge in [0.1, 0.15) is 0 Å². The maximum atomic E-state index is 6.25. The summed E-state index contributed by atoms with van der Waals surface area (Å²) in [5.41, 5.74) is 1.59. The summed E-state index contributed by atoms with van der Waals surface area (Å²) >= 11 is 14.1. The van der Waals surface area contributed by atoms with Gasteiger partial charge in [0.2, 0.25) is 0 Å². The van der Waals surface area contributed by atoms with Crippen molar-refractivity contribution < 1.29 is 0 Å². The molecule has 0 radical (unpaired) electrons. The molecule has 2 rings (SSSR count). The Kier molecular flexibility index (Phi) is 3.16. The molecule has 1 aromatic heterocycles. The minimum Gasteiger partial charge on any atom is -0.143 e. The van der Waals surface area contributed by atoms with E-state index >= 15 is 0 Å². The molecule has 0 saturated heterocycles. The average Bonchev–Trinajstić information content (AvgIpc) is 2.47. The first-order valence-electron chi connectivity index (χ1n) is 5.06. The lowest BCUT2D eigenvalue weighted by Gasteiger charge is -2.32. The van der Waals surface area contributed by atoms with Gasteiger partial charge in [-0.05, 0) is 35.3 Å².